The van der Waals surface area contributed by atoms with Crippen LogP contribution in [-0.4, -0.2) is 20.6 Å². The summed E-state index contributed by atoms with van der Waals surface area (Å²) in [5.41, 5.74) is -0.134. The molecule has 2 heterocycles. The maximum absolute atomic E-state index is 13.4. The normalized spacial score (nSPS) is 12.3. The fourth-order valence-corrected chi connectivity index (χ4v) is 4.21. The smallest absolute Gasteiger partial charge is 0.263 e. The summed E-state index contributed by atoms with van der Waals surface area (Å²) >= 11 is 2.44. The van der Waals surface area contributed by atoms with Crippen molar-refractivity contribution in [2.75, 3.05) is 0 Å². The number of fused-ring (bicyclic) bond motifs is 1. The number of carbonyl (C=O) groups is 1. The second-order valence-corrected chi connectivity index (χ2v) is 7.69. The van der Waals surface area contributed by atoms with E-state index in [2.05, 4.69) is 11.6 Å². The molecule has 0 aliphatic rings. The van der Waals surface area contributed by atoms with E-state index in [0.717, 1.165) is 23.9 Å². The molecule has 1 atom stereocenters. The number of hydrogen-bond acceptors (Lipinski definition) is 5. The molecule has 0 N–H and O–H groups in total. The van der Waals surface area contributed by atoms with E-state index in [4.69, 9.17) is 0 Å². The quantitative estimate of drug-likeness (QED) is 0.272. The number of Topliss-reactive ketones (excluding diaryl/α,β-unsaturated/α-hetero) is 1. The molecule has 0 bridgehead atoms. The van der Waals surface area contributed by atoms with Gasteiger partial charge in [0.25, 0.3) is 5.56 Å². The first-order valence-corrected chi connectivity index (χ1v) is 9.43. The Bertz CT molecular complexity index is 1060. The van der Waals surface area contributed by atoms with Gasteiger partial charge in [0.05, 0.1) is 10.6 Å². The highest BCUT2D eigenvalue weighted by atomic mass is 32.2. The van der Waals surface area contributed by atoms with Gasteiger partial charge in [-0.05, 0) is 36.6 Å². The zero-order chi connectivity index (χ0) is 18.8. The molecular weight excluding hydrogens is 378 g/mol. The molecule has 0 fully saturated rings. The van der Waals surface area contributed by atoms with Gasteiger partial charge in [-0.2, -0.15) is 0 Å². The van der Waals surface area contributed by atoms with Crippen molar-refractivity contribution in [3.63, 3.8) is 0 Å². The number of halogens is 2. The summed E-state index contributed by atoms with van der Waals surface area (Å²) < 4.78 is 27.9. The fraction of sp³-hybridized carbons (Fsp3) is 0.167. The average molecular weight is 392 g/mol. The second-order valence-electron chi connectivity index (χ2n) is 5.49. The summed E-state index contributed by atoms with van der Waals surface area (Å²) in [4.78, 5) is 30.2. The number of allylic oxidation sites excluding steroid dienone is 1. The van der Waals surface area contributed by atoms with Gasteiger partial charge in [0.1, 0.15) is 4.83 Å². The van der Waals surface area contributed by atoms with E-state index in [0.29, 0.717) is 15.4 Å². The van der Waals surface area contributed by atoms with Crippen LogP contribution >= 0.6 is 23.1 Å². The third-order valence-electron chi connectivity index (χ3n) is 3.72. The molecular formula is C18H14F2N2O2S2. The third kappa shape index (κ3) is 3.47. The molecule has 0 radical (unpaired) electrons. The lowest BCUT2D eigenvalue weighted by Gasteiger charge is -2.14. The Kier molecular flexibility index (Phi) is 5.33. The molecule has 0 aliphatic carbocycles. The lowest BCUT2D eigenvalue weighted by molar-refractivity contribution is 0.0993. The lowest BCUT2D eigenvalue weighted by Crippen LogP contribution is -2.24. The van der Waals surface area contributed by atoms with Crippen LogP contribution in [0, 0.1) is 11.6 Å². The Hall–Kier alpha value is -2.32. The highest BCUT2D eigenvalue weighted by Crippen LogP contribution is 2.26. The predicted octanol–water partition coefficient (Wildman–Crippen LogP) is 4.29. The number of aromatic nitrogens is 2. The average Bonchev–Trinajstić information content (AvgIpc) is 3.08. The van der Waals surface area contributed by atoms with Gasteiger partial charge in [-0.15, -0.1) is 17.9 Å². The minimum Gasteiger partial charge on any atom is -0.293 e. The van der Waals surface area contributed by atoms with Gasteiger partial charge in [0.2, 0.25) is 0 Å². The molecule has 1 aromatic carbocycles. The van der Waals surface area contributed by atoms with Crippen molar-refractivity contribution in [2.45, 2.75) is 23.9 Å². The molecule has 0 amide bonds. The molecule has 26 heavy (non-hydrogen) atoms. The van der Waals surface area contributed by atoms with Gasteiger partial charge in [-0.3, -0.25) is 14.2 Å². The number of thiophene rings is 1. The van der Waals surface area contributed by atoms with Crippen molar-refractivity contribution in [3.05, 3.63) is 69.9 Å². The van der Waals surface area contributed by atoms with Gasteiger partial charge in [0.15, 0.2) is 22.6 Å². The van der Waals surface area contributed by atoms with Crippen LogP contribution < -0.4 is 5.56 Å². The van der Waals surface area contributed by atoms with Gasteiger partial charge in [-0.1, -0.05) is 17.8 Å². The maximum Gasteiger partial charge on any atom is 0.263 e. The summed E-state index contributed by atoms with van der Waals surface area (Å²) in [6.07, 6.45) is 1.58. The molecule has 0 unspecified atom stereocenters. The van der Waals surface area contributed by atoms with Crippen molar-refractivity contribution in [1.29, 1.82) is 0 Å². The molecule has 2 aromatic heterocycles. The van der Waals surface area contributed by atoms with E-state index in [1.54, 1.807) is 24.4 Å². The molecule has 0 spiro atoms. The monoisotopic (exact) mass is 392 g/mol. The zero-order valence-electron chi connectivity index (χ0n) is 13.7. The number of benzene rings is 1. The standard InChI is InChI=1S/C18H14F2N2O2S2/c1-3-7-22-17(24)12-6-8-25-16(12)21-18(22)26-10(2)15(23)11-4-5-13(19)14(20)9-11/h3-6,8-10H,1,7H2,2H3/t10-/m0/s1. The van der Waals surface area contributed by atoms with Crippen LogP contribution in [0.1, 0.15) is 17.3 Å². The van der Waals surface area contributed by atoms with Crippen LogP contribution in [-0.2, 0) is 6.54 Å². The van der Waals surface area contributed by atoms with Crippen molar-refractivity contribution in [3.8, 4) is 0 Å². The van der Waals surface area contributed by atoms with Crippen molar-refractivity contribution in [2.24, 2.45) is 0 Å². The van der Waals surface area contributed by atoms with E-state index in [-0.39, 0.29) is 23.5 Å². The predicted molar refractivity (Wildman–Crippen MR) is 100 cm³/mol. The minimum atomic E-state index is -1.07. The molecule has 0 saturated heterocycles. The Morgan fingerprint density at radius 3 is 2.85 bits per heavy atom. The topological polar surface area (TPSA) is 52.0 Å². The van der Waals surface area contributed by atoms with Crippen LogP contribution in [0.3, 0.4) is 0 Å². The largest absolute Gasteiger partial charge is 0.293 e. The molecule has 0 aliphatic heterocycles. The fourth-order valence-electron chi connectivity index (χ4n) is 2.41. The van der Waals surface area contributed by atoms with Crippen LogP contribution in [0.4, 0.5) is 8.78 Å². The molecule has 3 rings (SSSR count). The van der Waals surface area contributed by atoms with Crippen molar-refractivity contribution < 1.29 is 13.6 Å². The molecule has 0 saturated carbocycles. The van der Waals surface area contributed by atoms with Crippen molar-refractivity contribution >= 4 is 39.1 Å². The summed E-state index contributed by atoms with van der Waals surface area (Å²) in [5, 5.41) is 2.04. The third-order valence-corrected chi connectivity index (χ3v) is 5.61. The van der Waals surface area contributed by atoms with Crippen LogP contribution in [0.15, 0.2) is 52.3 Å². The maximum atomic E-state index is 13.4. The lowest BCUT2D eigenvalue weighted by atomic mass is 10.1. The van der Waals surface area contributed by atoms with Crippen molar-refractivity contribution in [1.82, 2.24) is 9.55 Å². The first-order chi connectivity index (χ1) is 12.4. The van der Waals surface area contributed by atoms with E-state index < -0.39 is 16.9 Å². The van der Waals surface area contributed by atoms with Gasteiger partial charge >= 0.3 is 0 Å². The molecule has 134 valence electrons. The minimum absolute atomic E-state index is 0.0683. The number of nitrogens with zero attached hydrogens (tertiary/aromatic N) is 2. The van der Waals surface area contributed by atoms with Crippen LogP contribution in [0.25, 0.3) is 10.2 Å². The van der Waals surface area contributed by atoms with E-state index in [1.807, 2.05) is 0 Å². The van der Waals surface area contributed by atoms with E-state index >= 15 is 0 Å². The van der Waals surface area contributed by atoms with Crippen LogP contribution in [0.2, 0.25) is 0 Å². The second kappa shape index (κ2) is 7.51. The van der Waals surface area contributed by atoms with Gasteiger partial charge in [0, 0.05) is 12.1 Å². The Balaban J connectivity index is 1.95. The highest BCUT2D eigenvalue weighted by molar-refractivity contribution is 8.00. The molecule has 8 heteroatoms. The Morgan fingerprint density at radius 1 is 1.38 bits per heavy atom. The SMILES string of the molecule is C=CCn1c(S[C@@H](C)C(=O)c2ccc(F)c(F)c2)nc2sccc2c1=O. The summed E-state index contributed by atoms with van der Waals surface area (Å²) in [6, 6.07) is 4.74. The summed E-state index contributed by atoms with van der Waals surface area (Å²) in [5.74, 6) is -2.46. The first-order valence-electron chi connectivity index (χ1n) is 7.67. The summed E-state index contributed by atoms with van der Waals surface area (Å²) in [7, 11) is 0. The number of thioether (sulfide) groups is 1. The van der Waals surface area contributed by atoms with E-state index in [9.17, 15) is 18.4 Å². The van der Waals surface area contributed by atoms with Gasteiger partial charge < -0.3 is 0 Å². The Morgan fingerprint density at radius 2 is 2.15 bits per heavy atom. The molecule has 4 nitrogen and oxygen atoms in total. The number of carbonyl (C=O) groups excluding carboxylic acids is 1. The zero-order valence-corrected chi connectivity index (χ0v) is 15.4. The highest BCUT2D eigenvalue weighted by Gasteiger charge is 2.21. The molecule has 3 aromatic rings. The number of rotatable bonds is 6. The first kappa shape index (κ1) is 18.5. The summed E-state index contributed by atoms with van der Waals surface area (Å²) in [6.45, 7) is 5.54. The van der Waals surface area contributed by atoms with E-state index in [1.165, 1.54) is 22.0 Å². The number of hydrogen-bond donors (Lipinski definition) is 0. The van der Waals surface area contributed by atoms with Crippen LogP contribution in [0.5, 0.6) is 0 Å². The van der Waals surface area contributed by atoms with Gasteiger partial charge in [-0.25, -0.2) is 13.8 Å². The number of ketones is 1. The Labute approximate surface area is 156 Å².